The number of nitrogens with zero attached hydrogens (tertiary/aromatic N) is 1. The maximum Gasteiger partial charge on any atom is 0.326 e. The monoisotopic (exact) mass is 482 g/mol. The zero-order valence-electron chi connectivity index (χ0n) is 19.7. The lowest BCUT2D eigenvalue weighted by atomic mass is 10.0. The number of imidazole rings is 1. The molecule has 1 rings (SSSR count). The molecule has 190 valence electrons. The van der Waals surface area contributed by atoms with E-state index in [0.29, 0.717) is 5.69 Å². The fraction of sp³-hybridized carbons (Fsp3) is 0.619. The van der Waals surface area contributed by atoms with Crippen LogP contribution in [0.5, 0.6) is 0 Å². The summed E-state index contributed by atoms with van der Waals surface area (Å²) in [6.45, 7) is 6.74. The van der Waals surface area contributed by atoms with E-state index in [2.05, 4.69) is 25.9 Å². The Kier molecular flexibility index (Phi) is 11.2. The van der Waals surface area contributed by atoms with Crippen molar-refractivity contribution < 1.29 is 34.2 Å². The van der Waals surface area contributed by atoms with Gasteiger partial charge >= 0.3 is 11.9 Å². The third-order valence-electron chi connectivity index (χ3n) is 5.14. The molecule has 0 aliphatic carbocycles. The number of amides is 3. The highest BCUT2D eigenvalue weighted by molar-refractivity contribution is 5.94. The molecule has 4 atom stereocenters. The van der Waals surface area contributed by atoms with Crippen LogP contribution in [0.15, 0.2) is 12.5 Å². The van der Waals surface area contributed by atoms with Gasteiger partial charge in [-0.25, -0.2) is 9.78 Å². The number of hydrogen-bond donors (Lipinski definition) is 7. The summed E-state index contributed by atoms with van der Waals surface area (Å²) < 4.78 is 0. The summed E-state index contributed by atoms with van der Waals surface area (Å²) >= 11 is 0. The number of carbonyl (C=O) groups excluding carboxylic acids is 3. The van der Waals surface area contributed by atoms with Gasteiger partial charge in [-0.2, -0.15) is 0 Å². The number of aliphatic carboxylic acids is 2. The Hall–Kier alpha value is -3.48. The molecule has 0 spiro atoms. The molecule has 0 bridgehead atoms. The average molecular weight is 483 g/mol. The Labute approximate surface area is 197 Å². The van der Waals surface area contributed by atoms with Crippen LogP contribution in [0.25, 0.3) is 0 Å². The van der Waals surface area contributed by atoms with Crippen LogP contribution in [-0.4, -0.2) is 74.0 Å². The van der Waals surface area contributed by atoms with Gasteiger partial charge in [-0.05, 0) is 18.3 Å². The zero-order valence-corrected chi connectivity index (χ0v) is 19.7. The van der Waals surface area contributed by atoms with Gasteiger partial charge in [0, 0.05) is 24.7 Å². The Morgan fingerprint density at radius 1 is 0.941 bits per heavy atom. The van der Waals surface area contributed by atoms with Gasteiger partial charge in [-0.3, -0.25) is 19.2 Å². The molecule has 8 N–H and O–H groups in total. The molecule has 0 radical (unpaired) electrons. The fourth-order valence-electron chi connectivity index (χ4n) is 2.97. The first-order chi connectivity index (χ1) is 15.8. The van der Waals surface area contributed by atoms with Crippen LogP contribution < -0.4 is 21.7 Å². The van der Waals surface area contributed by atoms with Crippen LogP contribution in [-0.2, 0) is 30.4 Å². The summed E-state index contributed by atoms with van der Waals surface area (Å²) in [6.07, 6.45) is 2.14. The van der Waals surface area contributed by atoms with E-state index in [4.69, 9.17) is 10.8 Å². The van der Waals surface area contributed by atoms with Gasteiger partial charge in [0.15, 0.2) is 0 Å². The van der Waals surface area contributed by atoms with E-state index in [1.165, 1.54) is 12.5 Å². The van der Waals surface area contributed by atoms with Gasteiger partial charge in [0.1, 0.15) is 18.1 Å². The van der Waals surface area contributed by atoms with E-state index >= 15 is 0 Å². The summed E-state index contributed by atoms with van der Waals surface area (Å²) in [5.41, 5.74) is 6.31. The highest BCUT2D eigenvalue weighted by atomic mass is 16.4. The van der Waals surface area contributed by atoms with Crippen molar-refractivity contribution in [2.45, 2.75) is 71.1 Å². The van der Waals surface area contributed by atoms with Crippen molar-refractivity contribution in [2.24, 2.45) is 17.6 Å². The van der Waals surface area contributed by atoms with Gasteiger partial charge in [-0.1, -0.05) is 27.7 Å². The van der Waals surface area contributed by atoms with Crippen molar-refractivity contribution in [1.82, 2.24) is 25.9 Å². The smallest absolute Gasteiger partial charge is 0.326 e. The summed E-state index contributed by atoms with van der Waals surface area (Å²) in [5.74, 6) is -5.25. The number of aromatic nitrogens is 2. The lowest BCUT2D eigenvalue weighted by molar-refractivity contribution is -0.142. The minimum Gasteiger partial charge on any atom is -0.481 e. The Balaban J connectivity index is 2.96. The lowest BCUT2D eigenvalue weighted by Crippen LogP contribution is -2.59. The second-order valence-electron chi connectivity index (χ2n) is 8.67. The number of carbonyl (C=O) groups is 5. The number of rotatable bonds is 14. The van der Waals surface area contributed by atoms with E-state index in [0.717, 1.165) is 0 Å². The number of carboxylic acids is 2. The van der Waals surface area contributed by atoms with E-state index in [-0.39, 0.29) is 18.8 Å². The largest absolute Gasteiger partial charge is 0.481 e. The number of aromatic amines is 1. The molecular formula is C21H34N6O7. The van der Waals surface area contributed by atoms with Crippen LogP contribution >= 0.6 is 0 Å². The molecule has 1 aromatic rings. The quantitative estimate of drug-likeness (QED) is 0.173. The van der Waals surface area contributed by atoms with E-state index in [9.17, 15) is 29.1 Å². The maximum absolute atomic E-state index is 12.9. The average Bonchev–Trinajstić information content (AvgIpc) is 3.25. The van der Waals surface area contributed by atoms with Crippen molar-refractivity contribution in [2.75, 3.05) is 0 Å². The summed E-state index contributed by atoms with van der Waals surface area (Å²) in [7, 11) is 0. The van der Waals surface area contributed by atoms with Crippen LogP contribution in [0.4, 0.5) is 0 Å². The Morgan fingerprint density at radius 3 is 2.03 bits per heavy atom. The van der Waals surface area contributed by atoms with Crippen molar-refractivity contribution in [1.29, 1.82) is 0 Å². The second-order valence-corrected chi connectivity index (χ2v) is 8.67. The van der Waals surface area contributed by atoms with E-state index in [1.807, 2.05) is 0 Å². The number of nitrogens with one attached hydrogen (secondary N) is 4. The first-order valence-electron chi connectivity index (χ1n) is 10.9. The SMILES string of the molecule is CC(C)C(N)C(=O)NC(CCC(=O)O)C(=O)NC(C(=O)NC(Cc1cnc[nH]1)C(=O)O)C(C)C. The zero-order chi connectivity index (χ0) is 26.0. The molecule has 0 saturated carbocycles. The molecule has 1 aromatic heterocycles. The molecule has 4 unspecified atom stereocenters. The highest BCUT2D eigenvalue weighted by Crippen LogP contribution is 2.08. The minimum atomic E-state index is -1.28. The van der Waals surface area contributed by atoms with Crippen LogP contribution in [0.3, 0.4) is 0 Å². The van der Waals surface area contributed by atoms with Gasteiger partial charge < -0.3 is 36.9 Å². The topological polar surface area (TPSA) is 217 Å². The van der Waals surface area contributed by atoms with Gasteiger partial charge in [0.2, 0.25) is 17.7 Å². The summed E-state index contributed by atoms with van der Waals surface area (Å²) in [6, 6.07) is -4.58. The van der Waals surface area contributed by atoms with E-state index in [1.54, 1.807) is 27.7 Å². The van der Waals surface area contributed by atoms with Crippen LogP contribution in [0.1, 0.15) is 46.2 Å². The Bertz CT molecular complexity index is 856. The first kappa shape index (κ1) is 28.6. The van der Waals surface area contributed by atoms with Crippen LogP contribution in [0.2, 0.25) is 0 Å². The molecule has 34 heavy (non-hydrogen) atoms. The second kappa shape index (κ2) is 13.3. The number of nitrogens with two attached hydrogens (primary N) is 1. The molecule has 1 heterocycles. The molecule has 13 nitrogen and oxygen atoms in total. The predicted molar refractivity (Wildman–Crippen MR) is 120 cm³/mol. The normalized spacial score (nSPS) is 14.7. The molecule has 0 saturated heterocycles. The molecule has 0 aliphatic rings. The third kappa shape index (κ3) is 9.17. The molecule has 0 fully saturated rings. The van der Waals surface area contributed by atoms with Crippen molar-refractivity contribution in [3.05, 3.63) is 18.2 Å². The van der Waals surface area contributed by atoms with Crippen molar-refractivity contribution in [3.8, 4) is 0 Å². The predicted octanol–water partition coefficient (Wildman–Crippen LogP) is -1.00. The minimum absolute atomic E-state index is 0.0514. The van der Waals surface area contributed by atoms with Crippen molar-refractivity contribution in [3.63, 3.8) is 0 Å². The van der Waals surface area contributed by atoms with E-state index < -0.39 is 66.2 Å². The van der Waals surface area contributed by atoms with Gasteiger partial charge in [0.05, 0.1) is 12.4 Å². The number of carboxylic acid groups (broad SMARTS) is 2. The highest BCUT2D eigenvalue weighted by Gasteiger charge is 2.32. The van der Waals surface area contributed by atoms with Crippen molar-refractivity contribution >= 4 is 29.7 Å². The number of hydrogen-bond acceptors (Lipinski definition) is 7. The molecule has 0 aliphatic heterocycles. The molecule has 13 heteroatoms. The molecule has 3 amide bonds. The number of H-pyrrole nitrogens is 1. The summed E-state index contributed by atoms with van der Waals surface area (Å²) in [4.78, 5) is 67.3. The lowest BCUT2D eigenvalue weighted by Gasteiger charge is -2.27. The Morgan fingerprint density at radius 2 is 1.56 bits per heavy atom. The first-order valence-corrected chi connectivity index (χ1v) is 10.9. The standard InChI is InChI=1S/C21H34N6O7/c1-10(2)16(22)19(31)25-13(5-6-15(28)29)18(30)27-17(11(3)4)20(32)26-14(21(33)34)7-12-8-23-9-24-12/h8-11,13-14,16-17H,5-7,22H2,1-4H3,(H,23,24)(H,25,31)(H,26,32)(H,27,30)(H,28,29)(H,33,34). The molecular weight excluding hydrogens is 448 g/mol. The van der Waals surface area contributed by atoms with Gasteiger partial charge in [-0.15, -0.1) is 0 Å². The third-order valence-corrected chi connectivity index (χ3v) is 5.14. The fourth-order valence-corrected chi connectivity index (χ4v) is 2.97. The molecule has 0 aromatic carbocycles. The maximum atomic E-state index is 12.9. The van der Waals surface area contributed by atoms with Crippen LogP contribution in [0, 0.1) is 11.8 Å². The van der Waals surface area contributed by atoms with Gasteiger partial charge in [0.25, 0.3) is 0 Å². The summed E-state index contributed by atoms with van der Waals surface area (Å²) in [5, 5.41) is 25.8.